The SMILES string of the molecule is CC.CC/C=C(C)/C(O)=C\C=C(C)\C(NNC)=C(\CCC)COC(=O)N(C)CCC. The van der Waals surface area contributed by atoms with E-state index in [9.17, 15) is 9.90 Å². The second-order valence-corrected chi connectivity index (χ2v) is 6.78. The number of hydrogen-bond acceptors (Lipinski definition) is 5. The molecule has 6 nitrogen and oxygen atoms in total. The van der Waals surface area contributed by atoms with E-state index in [2.05, 4.69) is 17.8 Å². The summed E-state index contributed by atoms with van der Waals surface area (Å²) in [5.41, 5.74) is 9.76. The maximum atomic E-state index is 12.1. The molecule has 0 atom stereocenters. The molecular weight excluding hydrogens is 378 g/mol. The van der Waals surface area contributed by atoms with E-state index in [-0.39, 0.29) is 18.5 Å². The van der Waals surface area contributed by atoms with Crippen molar-refractivity contribution in [2.75, 3.05) is 27.2 Å². The third kappa shape index (κ3) is 12.4. The van der Waals surface area contributed by atoms with E-state index in [0.717, 1.165) is 48.1 Å². The van der Waals surface area contributed by atoms with E-state index < -0.39 is 0 Å². The molecule has 1 amide bonds. The van der Waals surface area contributed by atoms with Gasteiger partial charge in [-0.3, -0.25) is 0 Å². The van der Waals surface area contributed by atoms with Crippen LogP contribution in [0.25, 0.3) is 0 Å². The standard InChI is InChI=1S/C22H39N3O3.C2H6/c1-8-11-17(4)20(26)14-13-18(5)21(24-23-6)19(12-9-2)16-28-22(27)25(7)15-10-3;1-2/h11,13-14,23-24,26H,8-10,12,15-16H2,1-7H3;1-2H3/b17-11+,18-13+,20-14+,21-19+;. The van der Waals surface area contributed by atoms with Gasteiger partial charge in [-0.15, -0.1) is 0 Å². The normalized spacial score (nSPS) is 13.2. The Morgan fingerprint density at radius 1 is 1.07 bits per heavy atom. The van der Waals surface area contributed by atoms with Crippen LogP contribution in [-0.4, -0.2) is 43.3 Å². The van der Waals surface area contributed by atoms with Crippen molar-refractivity contribution in [2.45, 2.75) is 74.1 Å². The lowest BCUT2D eigenvalue weighted by molar-refractivity contribution is 0.118. The van der Waals surface area contributed by atoms with Crippen LogP contribution in [0.5, 0.6) is 0 Å². The molecule has 0 fully saturated rings. The van der Waals surface area contributed by atoms with Gasteiger partial charge < -0.3 is 20.2 Å². The number of ether oxygens (including phenoxy) is 1. The third-order valence-electron chi connectivity index (χ3n) is 4.20. The Morgan fingerprint density at radius 2 is 1.70 bits per heavy atom. The third-order valence-corrected chi connectivity index (χ3v) is 4.20. The number of hydrazine groups is 1. The van der Waals surface area contributed by atoms with Gasteiger partial charge in [-0.1, -0.05) is 53.2 Å². The van der Waals surface area contributed by atoms with E-state index in [0.29, 0.717) is 6.54 Å². The molecule has 3 N–H and O–H groups in total. The number of aliphatic hydroxyl groups is 1. The fourth-order valence-electron chi connectivity index (χ4n) is 2.68. The molecule has 0 saturated heterocycles. The Hall–Kier alpha value is -2.21. The molecule has 6 heteroatoms. The summed E-state index contributed by atoms with van der Waals surface area (Å²) in [5.74, 6) is 0.245. The van der Waals surface area contributed by atoms with Crippen LogP contribution in [0.2, 0.25) is 0 Å². The number of rotatable bonds is 12. The lowest BCUT2D eigenvalue weighted by Crippen LogP contribution is -2.31. The van der Waals surface area contributed by atoms with E-state index in [1.807, 2.05) is 53.7 Å². The van der Waals surface area contributed by atoms with Crippen molar-refractivity contribution in [1.82, 2.24) is 15.8 Å². The first-order valence-electron chi connectivity index (χ1n) is 11.1. The van der Waals surface area contributed by atoms with Crippen LogP contribution in [0.15, 0.2) is 46.4 Å². The van der Waals surface area contributed by atoms with Gasteiger partial charge in [0, 0.05) is 20.6 Å². The Bertz CT molecular complexity index is 605. The molecule has 0 aromatic carbocycles. The van der Waals surface area contributed by atoms with Gasteiger partial charge >= 0.3 is 6.09 Å². The van der Waals surface area contributed by atoms with Crippen molar-refractivity contribution >= 4 is 6.09 Å². The van der Waals surface area contributed by atoms with Gasteiger partial charge in [-0.25, -0.2) is 10.2 Å². The lowest BCUT2D eigenvalue weighted by Gasteiger charge is -2.20. The van der Waals surface area contributed by atoms with Gasteiger partial charge in [-0.2, -0.15) is 0 Å². The number of hydrogen-bond donors (Lipinski definition) is 3. The zero-order chi connectivity index (χ0) is 23.5. The lowest BCUT2D eigenvalue weighted by atomic mass is 10.0. The Kier molecular flexibility index (Phi) is 18.8. The number of aliphatic hydroxyl groups excluding tert-OH is 1. The zero-order valence-corrected chi connectivity index (χ0v) is 20.7. The molecule has 0 unspecified atom stereocenters. The summed E-state index contributed by atoms with van der Waals surface area (Å²) in [7, 11) is 3.53. The fraction of sp³-hybridized carbons (Fsp3) is 0.625. The summed E-state index contributed by atoms with van der Waals surface area (Å²) in [5, 5.41) is 10.2. The Balaban J connectivity index is 0. The number of nitrogens with one attached hydrogen (secondary N) is 2. The minimum absolute atomic E-state index is 0.223. The fourth-order valence-corrected chi connectivity index (χ4v) is 2.68. The molecule has 0 rings (SSSR count). The molecular formula is C24H45N3O3. The highest BCUT2D eigenvalue weighted by Gasteiger charge is 2.13. The quantitative estimate of drug-likeness (QED) is 0.203. The van der Waals surface area contributed by atoms with Crippen LogP contribution >= 0.6 is 0 Å². The van der Waals surface area contributed by atoms with Gasteiger partial charge in [0.1, 0.15) is 12.4 Å². The average Bonchev–Trinajstić information content (AvgIpc) is 2.74. The minimum Gasteiger partial charge on any atom is -0.508 e. The van der Waals surface area contributed by atoms with E-state index >= 15 is 0 Å². The molecule has 0 aliphatic rings. The molecule has 0 saturated carbocycles. The molecule has 30 heavy (non-hydrogen) atoms. The van der Waals surface area contributed by atoms with Crippen molar-refractivity contribution in [3.63, 3.8) is 0 Å². The maximum Gasteiger partial charge on any atom is 0.409 e. The van der Waals surface area contributed by atoms with Crippen molar-refractivity contribution in [2.24, 2.45) is 0 Å². The van der Waals surface area contributed by atoms with Crippen molar-refractivity contribution in [1.29, 1.82) is 0 Å². The number of amides is 1. The second-order valence-electron chi connectivity index (χ2n) is 6.78. The molecule has 0 radical (unpaired) electrons. The first-order valence-corrected chi connectivity index (χ1v) is 11.1. The van der Waals surface area contributed by atoms with Crippen LogP contribution < -0.4 is 10.9 Å². The molecule has 0 aliphatic carbocycles. The number of nitrogens with zero attached hydrogens (tertiary/aromatic N) is 1. The van der Waals surface area contributed by atoms with Crippen LogP contribution in [-0.2, 0) is 4.74 Å². The maximum absolute atomic E-state index is 12.1. The highest BCUT2D eigenvalue weighted by molar-refractivity contribution is 5.67. The van der Waals surface area contributed by atoms with E-state index in [4.69, 9.17) is 4.74 Å². The monoisotopic (exact) mass is 423 g/mol. The molecule has 0 aromatic heterocycles. The molecule has 0 spiro atoms. The molecule has 0 aliphatic heterocycles. The summed E-state index contributed by atoms with van der Waals surface area (Å²) in [6, 6.07) is 0. The van der Waals surface area contributed by atoms with Crippen LogP contribution in [0.3, 0.4) is 0 Å². The number of carbonyl (C=O) groups excluding carboxylic acids is 1. The first-order chi connectivity index (χ1) is 14.3. The van der Waals surface area contributed by atoms with Gasteiger partial charge in [-0.05, 0) is 55.9 Å². The van der Waals surface area contributed by atoms with Gasteiger partial charge in [0.15, 0.2) is 0 Å². The summed E-state index contributed by atoms with van der Waals surface area (Å²) < 4.78 is 5.50. The van der Waals surface area contributed by atoms with Crippen molar-refractivity contribution in [3.05, 3.63) is 46.4 Å². The second kappa shape index (κ2) is 18.8. The Morgan fingerprint density at radius 3 is 2.20 bits per heavy atom. The Labute approximate surface area is 184 Å². The molecule has 174 valence electrons. The predicted octanol–water partition coefficient (Wildman–Crippen LogP) is 6.01. The summed E-state index contributed by atoms with van der Waals surface area (Å²) in [4.78, 5) is 13.7. The van der Waals surface area contributed by atoms with Crippen molar-refractivity contribution in [3.8, 4) is 0 Å². The van der Waals surface area contributed by atoms with E-state index in [1.165, 1.54) is 0 Å². The molecule has 0 heterocycles. The first kappa shape index (κ1) is 30.0. The van der Waals surface area contributed by atoms with Crippen LogP contribution in [0, 0.1) is 0 Å². The molecule has 0 aromatic rings. The highest BCUT2D eigenvalue weighted by Crippen LogP contribution is 2.18. The number of carbonyl (C=O) groups is 1. The van der Waals surface area contributed by atoms with Crippen LogP contribution in [0.1, 0.15) is 74.1 Å². The van der Waals surface area contributed by atoms with Gasteiger partial charge in [0.25, 0.3) is 0 Å². The summed E-state index contributed by atoms with van der Waals surface area (Å²) in [6.45, 7) is 14.9. The topological polar surface area (TPSA) is 73.8 Å². The average molecular weight is 424 g/mol. The van der Waals surface area contributed by atoms with Gasteiger partial charge in [0.05, 0.1) is 5.70 Å². The summed E-state index contributed by atoms with van der Waals surface area (Å²) in [6.07, 6.45) is 8.70. The smallest absolute Gasteiger partial charge is 0.409 e. The largest absolute Gasteiger partial charge is 0.508 e. The highest BCUT2D eigenvalue weighted by atomic mass is 16.6. The molecule has 0 bridgehead atoms. The predicted molar refractivity (Wildman–Crippen MR) is 128 cm³/mol. The van der Waals surface area contributed by atoms with Crippen molar-refractivity contribution < 1.29 is 14.6 Å². The number of allylic oxidation sites excluding steroid dienone is 5. The minimum atomic E-state index is -0.321. The van der Waals surface area contributed by atoms with E-state index in [1.54, 1.807) is 25.1 Å². The van der Waals surface area contributed by atoms with Gasteiger partial charge in [0.2, 0.25) is 0 Å². The zero-order valence-electron chi connectivity index (χ0n) is 20.7. The summed E-state index contributed by atoms with van der Waals surface area (Å²) >= 11 is 0. The van der Waals surface area contributed by atoms with Crippen LogP contribution in [0.4, 0.5) is 4.79 Å².